The van der Waals surface area contributed by atoms with E-state index in [1.54, 1.807) is 0 Å². The summed E-state index contributed by atoms with van der Waals surface area (Å²) in [6.45, 7) is 7.75. The molecule has 2 heterocycles. The van der Waals surface area contributed by atoms with Gasteiger partial charge in [-0.2, -0.15) is 11.8 Å². The molecule has 0 spiro atoms. The number of hydrogen-bond acceptors (Lipinski definition) is 4. The third kappa shape index (κ3) is 4.66. The highest BCUT2D eigenvalue weighted by Gasteiger charge is 2.49. The molecule has 148 valence electrons. The van der Waals surface area contributed by atoms with E-state index in [-0.39, 0.29) is 24.4 Å². The van der Waals surface area contributed by atoms with Crippen molar-refractivity contribution in [3.05, 3.63) is 35.4 Å². The topological polar surface area (TPSA) is 52.6 Å². The summed E-state index contributed by atoms with van der Waals surface area (Å²) in [6, 6.07) is 8.53. The maximum Gasteiger partial charge on any atom is 0.242 e. The number of thioether (sulfide) groups is 1. The van der Waals surface area contributed by atoms with Gasteiger partial charge in [0, 0.05) is 32.5 Å². The van der Waals surface area contributed by atoms with Crippen LogP contribution in [0.15, 0.2) is 24.3 Å². The van der Waals surface area contributed by atoms with Gasteiger partial charge in [-0.15, -0.1) is 0 Å². The van der Waals surface area contributed by atoms with E-state index in [1.165, 1.54) is 30.2 Å². The first-order chi connectivity index (χ1) is 13.0. The number of aryl methyl sites for hydroxylation is 1. The number of rotatable bonds is 7. The van der Waals surface area contributed by atoms with Crippen molar-refractivity contribution < 1.29 is 9.59 Å². The summed E-state index contributed by atoms with van der Waals surface area (Å²) < 4.78 is 0. The second-order valence-electron chi connectivity index (χ2n) is 7.79. The molecule has 27 heavy (non-hydrogen) atoms. The first-order valence-electron chi connectivity index (χ1n) is 9.82. The highest BCUT2D eigenvalue weighted by Crippen LogP contribution is 2.45. The Labute approximate surface area is 166 Å². The summed E-state index contributed by atoms with van der Waals surface area (Å²) >= 11 is 1.90. The Morgan fingerprint density at radius 2 is 2.00 bits per heavy atom. The van der Waals surface area contributed by atoms with Crippen molar-refractivity contribution in [2.24, 2.45) is 11.8 Å². The number of nitrogens with zero attached hydrogens (tertiary/aromatic N) is 2. The standard InChI is InChI=1S/C21H31N3O2S/c1-15-7-4-5-8-18(15)21-19-14-23(9-6-10-27-3)12-17(19)13-24(21)20(26)11-22-16(2)25/h4-5,7-8,17,19,21H,6,9-14H2,1-3H3,(H,22,25)/t17-,19-,21+/m0/s1. The van der Waals surface area contributed by atoms with E-state index in [1.807, 2.05) is 16.7 Å². The fourth-order valence-electron chi connectivity index (χ4n) is 4.63. The lowest BCUT2D eigenvalue weighted by atomic mass is 9.87. The number of hydrogen-bond donors (Lipinski definition) is 1. The zero-order valence-electron chi connectivity index (χ0n) is 16.6. The van der Waals surface area contributed by atoms with E-state index in [9.17, 15) is 9.59 Å². The minimum Gasteiger partial charge on any atom is -0.347 e. The molecule has 0 bridgehead atoms. The maximum absolute atomic E-state index is 12.9. The predicted molar refractivity (Wildman–Crippen MR) is 111 cm³/mol. The third-order valence-electron chi connectivity index (χ3n) is 5.88. The van der Waals surface area contributed by atoms with Crippen LogP contribution in [0.5, 0.6) is 0 Å². The zero-order chi connectivity index (χ0) is 19.4. The molecule has 1 aromatic carbocycles. The Hall–Kier alpha value is -1.53. The maximum atomic E-state index is 12.9. The second kappa shape index (κ2) is 9.11. The Kier molecular flexibility index (Phi) is 6.82. The van der Waals surface area contributed by atoms with E-state index < -0.39 is 0 Å². The van der Waals surface area contributed by atoms with Gasteiger partial charge in [0.1, 0.15) is 0 Å². The van der Waals surface area contributed by atoms with Crippen molar-refractivity contribution in [2.45, 2.75) is 26.3 Å². The van der Waals surface area contributed by atoms with Gasteiger partial charge in [0.05, 0.1) is 12.6 Å². The summed E-state index contributed by atoms with van der Waals surface area (Å²) in [7, 11) is 0. The molecular weight excluding hydrogens is 358 g/mol. The fourth-order valence-corrected chi connectivity index (χ4v) is 5.05. The number of nitrogens with one attached hydrogen (secondary N) is 1. The van der Waals surface area contributed by atoms with E-state index >= 15 is 0 Å². The monoisotopic (exact) mass is 389 g/mol. The molecule has 2 aliphatic rings. The van der Waals surface area contributed by atoms with E-state index in [2.05, 4.69) is 47.7 Å². The smallest absolute Gasteiger partial charge is 0.242 e. The van der Waals surface area contributed by atoms with E-state index in [0.29, 0.717) is 11.8 Å². The van der Waals surface area contributed by atoms with Gasteiger partial charge in [-0.1, -0.05) is 24.3 Å². The number of amides is 2. The molecule has 2 saturated heterocycles. The van der Waals surface area contributed by atoms with Gasteiger partial charge in [0.25, 0.3) is 0 Å². The number of fused-ring (bicyclic) bond motifs is 1. The highest BCUT2D eigenvalue weighted by atomic mass is 32.2. The lowest BCUT2D eigenvalue weighted by molar-refractivity contribution is -0.133. The van der Waals surface area contributed by atoms with Crippen LogP contribution in [0.2, 0.25) is 0 Å². The number of carbonyl (C=O) groups excluding carboxylic acids is 2. The first kappa shape index (κ1) is 20.2. The molecule has 0 aliphatic carbocycles. The van der Waals surface area contributed by atoms with Crippen molar-refractivity contribution in [3.63, 3.8) is 0 Å². The van der Waals surface area contributed by atoms with Gasteiger partial charge in [-0.05, 0) is 48.9 Å². The summed E-state index contributed by atoms with van der Waals surface area (Å²) in [5.41, 5.74) is 2.49. The third-order valence-corrected chi connectivity index (χ3v) is 6.58. The Balaban J connectivity index is 1.77. The summed E-state index contributed by atoms with van der Waals surface area (Å²) in [4.78, 5) is 28.7. The lowest BCUT2D eigenvalue weighted by Crippen LogP contribution is -2.41. The average molecular weight is 390 g/mol. The molecule has 0 unspecified atom stereocenters. The Morgan fingerprint density at radius 1 is 1.22 bits per heavy atom. The van der Waals surface area contributed by atoms with Crippen LogP contribution in [0.4, 0.5) is 0 Å². The molecule has 2 aliphatic heterocycles. The normalized spacial score (nSPS) is 24.9. The molecule has 0 aromatic heterocycles. The minimum absolute atomic E-state index is 0.0294. The van der Waals surface area contributed by atoms with Crippen molar-refractivity contribution >= 4 is 23.6 Å². The zero-order valence-corrected chi connectivity index (χ0v) is 17.4. The molecule has 2 amide bonds. The molecule has 1 aromatic rings. The summed E-state index contributed by atoms with van der Waals surface area (Å²) in [5.74, 6) is 2.07. The Morgan fingerprint density at radius 3 is 2.70 bits per heavy atom. The van der Waals surface area contributed by atoms with Gasteiger partial charge < -0.3 is 15.1 Å². The molecule has 0 saturated carbocycles. The fraction of sp³-hybridized carbons (Fsp3) is 0.619. The predicted octanol–water partition coefficient (Wildman–Crippen LogP) is 2.32. The van der Waals surface area contributed by atoms with Crippen LogP contribution in [0, 0.1) is 18.8 Å². The molecule has 0 radical (unpaired) electrons. The van der Waals surface area contributed by atoms with Gasteiger partial charge in [0.2, 0.25) is 11.8 Å². The molecule has 3 rings (SSSR count). The highest BCUT2D eigenvalue weighted by molar-refractivity contribution is 7.98. The average Bonchev–Trinajstić information content (AvgIpc) is 3.18. The summed E-state index contributed by atoms with van der Waals surface area (Å²) in [5, 5.41) is 2.67. The van der Waals surface area contributed by atoms with Crippen molar-refractivity contribution in [1.29, 1.82) is 0 Å². The lowest BCUT2D eigenvalue weighted by Gasteiger charge is -2.31. The van der Waals surface area contributed by atoms with Crippen LogP contribution in [-0.4, -0.2) is 66.3 Å². The van der Waals surface area contributed by atoms with Crippen LogP contribution in [0.25, 0.3) is 0 Å². The molecule has 1 N–H and O–H groups in total. The van der Waals surface area contributed by atoms with Gasteiger partial charge in [-0.3, -0.25) is 9.59 Å². The number of carbonyl (C=O) groups is 2. The Bertz CT molecular complexity index is 681. The van der Waals surface area contributed by atoms with Gasteiger partial charge >= 0.3 is 0 Å². The van der Waals surface area contributed by atoms with Crippen LogP contribution in [-0.2, 0) is 9.59 Å². The first-order valence-corrected chi connectivity index (χ1v) is 11.2. The number of benzene rings is 1. The quantitative estimate of drug-likeness (QED) is 0.727. The molecule has 3 atom stereocenters. The molecule has 2 fully saturated rings. The van der Waals surface area contributed by atoms with Crippen LogP contribution >= 0.6 is 11.8 Å². The van der Waals surface area contributed by atoms with Gasteiger partial charge in [-0.25, -0.2) is 0 Å². The minimum atomic E-state index is -0.157. The second-order valence-corrected chi connectivity index (χ2v) is 8.77. The van der Waals surface area contributed by atoms with E-state index in [0.717, 1.165) is 26.2 Å². The summed E-state index contributed by atoms with van der Waals surface area (Å²) in [6.07, 6.45) is 3.38. The van der Waals surface area contributed by atoms with Crippen LogP contribution in [0.1, 0.15) is 30.5 Å². The largest absolute Gasteiger partial charge is 0.347 e. The molecule has 5 nitrogen and oxygen atoms in total. The van der Waals surface area contributed by atoms with E-state index in [4.69, 9.17) is 0 Å². The molecule has 6 heteroatoms. The van der Waals surface area contributed by atoms with Crippen molar-refractivity contribution in [2.75, 3.05) is 44.7 Å². The number of likely N-dealkylation sites (tertiary alicyclic amines) is 2. The molecular formula is C21H31N3O2S. The SMILES string of the molecule is CSCCCN1C[C@H]2CN(C(=O)CNC(C)=O)[C@H](c3ccccc3C)[C@H]2C1. The van der Waals surface area contributed by atoms with Crippen molar-refractivity contribution in [3.8, 4) is 0 Å². The van der Waals surface area contributed by atoms with Crippen LogP contribution in [0.3, 0.4) is 0 Å². The van der Waals surface area contributed by atoms with Gasteiger partial charge in [0.15, 0.2) is 0 Å². The van der Waals surface area contributed by atoms with Crippen LogP contribution < -0.4 is 5.32 Å². The van der Waals surface area contributed by atoms with Crippen molar-refractivity contribution in [1.82, 2.24) is 15.1 Å².